The summed E-state index contributed by atoms with van der Waals surface area (Å²) in [6, 6.07) is 6.44. The van der Waals surface area contributed by atoms with Crippen LogP contribution in [-0.4, -0.2) is 23.9 Å². The molecule has 1 aromatic rings. The van der Waals surface area contributed by atoms with Crippen molar-refractivity contribution in [1.29, 1.82) is 0 Å². The molecular formula is C13H17FN2O. The van der Waals surface area contributed by atoms with Gasteiger partial charge in [0.2, 0.25) is 5.91 Å². The first-order chi connectivity index (χ1) is 8.22. The third-order valence-electron chi connectivity index (χ3n) is 3.25. The van der Waals surface area contributed by atoms with Crippen LogP contribution in [0.2, 0.25) is 0 Å². The molecule has 0 aliphatic carbocycles. The lowest BCUT2D eigenvalue weighted by molar-refractivity contribution is -0.133. The number of hydrogen-bond acceptors (Lipinski definition) is 2. The van der Waals surface area contributed by atoms with Gasteiger partial charge in [-0.2, -0.15) is 0 Å². The average molecular weight is 236 g/mol. The van der Waals surface area contributed by atoms with Crippen LogP contribution >= 0.6 is 0 Å². The Morgan fingerprint density at radius 2 is 2.06 bits per heavy atom. The van der Waals surface area contributed by atoms with Crippen LogP contribution in [0.15, 0.2) is 24.3 Å². The summed E-state index contributed by atoms with van der Waals surface area (Å²) in [4.78, 5) is 13.6. The summed E-state index contributed by atoms with van der Waals surface area (Å²) in [5.41, 5.74) is 6.41. The molecule has 1 aromatic carbocycles. The number of halogens is 1. The number of likely N-dealkylation sites (tertiary alicyclic amines) is 1. The molecule has 1 amide bonds. The number of carbonyl (C=O) groups excluding carboxylic acids is 1. The minimum absolute atomic E-state index is 0.0287. The summed E-state index contributed by atoms with van der Waals surface area (Å²) in [6.45, 7) is 0.787. The maximum absolute atomic E-state index is 12.9. The Morgan fingerprint density at radius 3 is 2.71 bits per heavy atom. The second-order valence-corrected chi connectivity index (χ2v) is 4.35. The minimum atomic E-state index is -0.249. The van der Waals surface area contributed by atoms with Gasteiger partial charge in [0, 0.05) is 6.54 Å². The lowest BCUT2D eigenvalue weighted by Crippen LogP contribution is -2.41. The summed E-state index contributed by atoms with van der Waals surface area (Å²) in [5, 5.41) is 0. The van der Waals surface area contributed by atoms with E-state index in [1.165, 1.54) is 12.1 Å². The smallest absolute Gasteiger partial charge is 0.236 e. The van der Waals surface area contributed by atoms with Gasteiger partial charge < -0.3 is 10.6 Å². The first-order valence-corrected chi connectivity index (χ1v) is 5.97. The Labute approximate surface area is 100 Å². The number of piperidine rings is 1. The van der Waals surface area contributed by atoms with Crippen LogP contribution < -0.4 is 5.73 Å². The molecule has 1 heterocycles. The van der Waals surface area contributed by atoms with Crippen LogP contribution in [0.3, 0.4) is 0 Å². The van der Waals surface area contributed by atoms with Crippen molar-refractivity contribution in [3.63, 3.8) is 0 Å². The summed E-state index contributed by atoms with van der Waals surface area (Å²) in [5.74, 6) is -0.278. The molecule has 2 N–H and O–H groups in total. The van der Waals surface area contributed by atoms with Gasteiger partial charge >= 0.3 is 0 Å². The molecule has 92 valence electrons. The molecule has 0 saturated carbocycles. The van der Waals surface area contributed by atoms with Crippen molar-refractivity contribution in [1.82, 2.24) is 4.90 Å². The second kappa shape index (κ2) is 5.27. The fourth-order valence-corrected chi connectivity index (χ4v) is 2.38. The van der Waals surface area contributed by atoms with Crippen molar-refractivity contribution in [2.24, 2.45) is 5.73 Å². The van der Waals surface area contributed by atoms with Gasteiger partial charge in [0.05, 0.1) is 12.6 Å². The van der Waals surface area contributed by atoms with Crippen molar-refractivity contribution in [2.75, 3.05) is 13.1 Å². The maximum atomic E-state index is 12.9. The van der Waals surface area contributed by atoms with Crippen LogP contribution in [0.1, 0.15) is 30.9 Å². The molecule has 2 rings (SSSR count). The van der Waals surface area contributed by atoms with Crippen LogP contribution in [0.5, 0.6) is 0 Å². The predicted molar refractivity (Wildman–Crippen MR) is 63.8 cm³/mol. The Hall–Kier alpha value is -1.42. The van der Waals surface area contributed by atoms with E-state index in [1.807, 2.05) is 4.90 Å². The van der Waals surface area contributed by atoms with Gasteiger partial charge in [-0.25, -0.2) is 4.39 Å². The van der Waals surface area contributed by atoms with Crippen molar-refractivity contribution >= 4 is 5.91 Å². The number of nitrogens with two attached hydrogens (primary N) is 1. The lowest BCUT2D eigenvalue weighted by Gasteiger charge is -2.36. The number of benzene rings is 1. The van der Waals surface area contributed by atoms with Gasteiger partial charge in [0.1, 0.15) is 5.82 Å². The van der Waals surface area contributed by atoms with E-state index in [9.17, 15) is 9.18 Å². The zero-order valence-corrected chi connectivity index (χ0v) is 9.73. The van der Waals surface area contributed by atoms with E-state index in [-0.39, 0.29) is 24.3 Å². The SMILES string of the molecule is NCC(=O)N1CCCC[C@H]1c1ccc(F)cc1. The molecule has 1 atom stereocenters. The van der Waals surface area contributed by atoms with Crippen molar-refractivity contribution in [3.8, 4) is 0 Å². The summed E-state index contributed by atoms with van der Waals surface area (Å²) < 4.78 is 12.9. The number of carbonyl (C=O) groups is 1. The van der Waals surface area contributed by atoms with Crippen LogP contribution in [0.25, 0.3) is 0 Å². The zero-order chi connectivity index (χ0) is 12.3. The summed E-state index contributed by atoms with van der Waals surface area (Å²) in [6.07, 6.45) is 3.04. The van der Waals surface area contributed by atoms with Crippen molar-refractivity contribution in [3.05, 3.63) is 35.6 Å². The first-order valence-electron chi connectivity index (χ1n) is 5.97. The van der Waals surface area contributed by atoms with Gasteiger partial charge in [0.25, 0.3) is 0 Å². The van der Waals surface area contributed by atoms with E-state index in [2.05, 4.69) is 0 Å². The van der Waals surface area contributed by atoms with Crippen LogP contribution in [0, 0.1) is 5.82 Å². The Morgan fingerprint density at radius 1 is 1.35 bits per heavy atom. The van der Waals surface area contributed by atoms with E-state index >= 15 is 0 Å². The molecule has 1 aliphatic rings. The molecular weight excluding hydrogens is 219 g/mol. The largest absolute Gasteiger partial charge is 0.335 e. The number of hydrogen-bond donors (Lipinski definition) is 1. The van der Waals surface area contributed by atoms with E-state index < -0.39 is 0 Å². The van der Waals surface area contributed by atoms with Gasteiger partial charge in [-0.3, -0.25) is 4.79 Å². The molecule has 4 heteroatoms. The normalized spacial score (nSPS) is 20.4. The molecule has 0 bridgehead atoms. The quantitative estimate of drug-likeness (QED) is 0.851. The van der Waals surface area contributed by atoms with E-state index in [0.29, 0.717) is 0 Å². The topological polar surface area (TPSA) is 46.3 Å². The van der Waals surface area contributed by atoms with Crippen molar-refractivity contribution < 1.29 is 9.18 Å². The number of amides is 1. The van der Waals surface area contributed by atoms with E-state index in [0.717, 1.165) is 31.4 Å². The molecule has 0 radical (unpaired) electrons. The number of rotatable bonds is 2. The molecule has 17 heavy (non-hydrogen) atoms. The first kappa shape index (κ1) is 12.0. The Balaban J connectivity index is 2.21. The highest BCUT2D eigenvalue weighted by Crippen LogP contribution is 2.30. The molecule has 1 fully saturated rings. The van der Waals surface area contributed by atoms with Crippen LogP contribution in [0.4, 0.5) is 4.39 Å². The average Bonchev–Trinajstić information content (AvgIpc) is 2.39. The van der Waals surface area contributed by atoms with Gasteiger partial charge in [0.15, 0.2) is 0 Å². The van der Waals surface area contributed by atoms with Crippen LogP contribution in [-0.2, 0) is 4.79 Å². The van der Waals surface area contributed by atoms with E-state index in [4.69, 9.17) is 5.73 Å². The zero-order valence-electron chi connectivity index (χ0n) is 9.73. The Bertz CT molecular complexity index is 391. The fourth-order valence-electron chi connectivity index (χ4n) is 2.38. The fraction of sp³-hybridized carbons (Fsp3) is 0.462. The highest BCUT2D eigenvalue weighted by molar-refractivity contribution is 5.78. The standard InChI is InChI=1S/C13H17FN2O/c14-11-6-4-10(5-7-11)12-3-1-2-8-16(12)13(17)9-15/h4-7,12H,1-3,8-9,15H2/t12-/m0/s1. The molecule has 1 saturated heterocycles. The molecule has 0 unspecified atom stereocenters. The summed E-state index contributed by atoms with van der Waals surface area (Å²) in [7, 11) is 0. The highest BCUT2D eigenvalue weighted by atomic mass is 19.1. The van der Waals surface area contributed by atoms with Crippen molar-refractivity contribution in [2.45, 2.75) is 25.3 Å². The second-order valence-electron chi connectivity index (χ2n) is 4.35. The lowest BCUT2D eigenvalue weighted by atomic mass is 9.95. The maximum Gasteiger partial charge on any atom is 0.236 e. The molecule has 0 aromatic heterocycles. The van der Waals surface area contributed by atoms with Gasteiger partial charge in [-0.15, -0.1) is 0 Å². The molecule has 3 nitrogen and oxygen atoms in total. The third-order valence-corrected chi connectivity index (χ3v) is 3.25. The predicted octanol–water partition coefficient (Wildman–Crippen LogP) is 1.84. The van der Waals surface area contributed by atoms with Gasteiger partial charge in [-0.05, 0) is 37.0 Å². The monoisotopic (exact) mass is 236 g/mol. The van der Waals surface area contributed by atoms with Gasteiger partial charge in [-0.1, -0.05) is 12.1 Å². The molecule has 0 spiro atoms. The highest BCUT2D eigenvalue weighted by Gasteiger charge is 2.26. The number of nitrogens with zero attached hydrogens (tertiary/aromatic N) is 1. The molecule has 1 aliphatic heterocycles. The summed E-state index contributed by atoms with van der Waals surface area (Å²) >= 11 is 0. The minimum Gasteiger partial charge on any atom is -0.335 e. The third kappa shape index (κ3) is 2.64. The van der Waals surface area contributed by atoms with E-state index in [1.54, 1.807) is 12.1 Å². The Kier molecular flexibility index (Phi) is 3.74.